The van der Waals surface area contributed by atoms with Crippen LogP contribution in [-0.4, -0.2) is 39.8 Å². The van der Waals surface area contributed by atoms with Gasteiger partial charge in [-0.3, -0.25) is 0 Å². The van der Waals surface area contributed by atoms with Gasteiger partial charge in [0.2, 0.25) is 0 Å². The SMILES string of the molecule is COC(CNC(=O)C1CCC(C)(C(=O)O)C1(C)C)[CH2][Hg][OH]. The number of rotatable bonds is 7. The molecule has 7 heteroatoms. The molecule has 0 radical (unpaired) electrons. The third kappa shape index (κ3) is 3.77. The Morgan fingerprint density at radius 2 is 2.05 bits per heavy atom. The van der Waals surface area contributed by atoms with Crippen LogP contribution >= 0.6 is 0 Å². The molecule has 1 saturated carbocycles. The molecule has 118 valence electrons. The standard InChI is InChI=1S/C14H24NO4.Hg.H2O/c1-9(19-5)8-15-11(16)10-6-7-14(4,12(17)18)13(10,2)3;;/h9-10H,1,6-8H2,2-5H3,(H,15,16)(H,17,18);;1H2/q;+1;/p-1. The second kappa shape index (κ2) is 7.37. The van der Waals surface area contributed by atoms with Crippen molar-refractivity contribution in [1.82, 2.24) is 5.32 Å². The molecule has 0 bridgehead atoms. The van der Waals surface area contributed by atoms with Crippen LogP contribution in [-0.2, 0) is 39.4 Å². The van der Waals surface area contributed by atoms with Crippen LogP contribution in [0.5, 0.6) is 0 Å². The first-order valence-corrected chi connectivity index (χ1v) is 13.7. The zero-order chi connectivity index (χ0) is 16.3. The normalized spacial score (nSPS) is 28.7. The molecule has 3 unspecified atom stereocenters. The van der Waals surface area contributed by atoms with Crippen LogP contribution in [0.2, 0.25) is 3.93 Å². The van der Waals surface area contributed by atoms with Gasteiger partial charge in [0, 0.05) is 0 Å². The molecular formula is C14H25HgNO5. The Kier molecular flexibility index (Phi) is 6.62. The first kappa shape index (κ1) is 18.8. The van der Waals surface area contributed by atoms with E-state index < -0.39 is 41.8 Å². The number of amides is 1. The van der Waals surface area contributed by atoms with Crippen molar-refractivity contribution in [2.45, 2.75) is 43.6 Å². The summed E-state index contributed by atoms with van der Waals surface area (Å²) in [4.78, 5) is 23.9. The van der Waals surface area contributed by atoms with Crippen LogP contribution in [0.15, 0.2) is 0 Å². The van der Waals surface area contributed by atoms with Crippen LogP contribution < -0.4 is 5.32 Å². The average Bonchev–Trinajstić information content (AvgIpc) is 2.66. The van der Waals surface area contributed by atoms with Crippen LogP contribution in [0.1, 0.15) is 33.6 Å². The number of aliphatic carboxylic acids is 1. The third-order valence-corrected chi connectivity index (χ3v) is 8.81. The van der Waals surface area contributed by atoms with Gasteiger partial charge in [-0.1, -0.05) is 0 Å². The first-order valence-electron chi connectivity index (χ1n) is 7.35. The van der Waals surface area contributed by atoms with Crippen LogP contribution in [0.4, 0.5) is 0 Å². The molecule has 0 aromatic rings. The van der Waals surface area contributed by atoms with Crippen molar-refractivity contribution in [3.63, 3.8) is 0 Å². The summed E-state index contributed by atoms with van der Waals surface area (Å²) in [6, 6.07) is 0. The maximum absolute atomic E-state index is 12.4. The number of nitrogens with one attached hydrogen (secondary N) is 1. The summed E-state index contributed by atoms with van der Waals surface area (Å²) in [6.45, 7) is 5.82. The second-order valence-electron chi connectivity index (χ2n) is 6.57. The van der Waals surface area contributed by atoms with Crippen molar-refractivity contribution in [2.75, 3.05) is 13.7 Å². The van der Waals surface area contributed by atoms with E-state index >= 15 is 0 Å². The monoisotopic (exact) mass is 489 g/mol. The summed E-state index contributed by atoms with van der Waals surface area (Å²) < 4.78 is 15.0. The molecule has 0 saturated heterocycles. The summed E-state index contributed by atoms with van der Waals surface area (Å²) in [7, 11) is 1.57. The number of carboxylic acids is 1. The Bertz CT molecular complexity index is 401. The van der Waals surface area contributed by atoms with Crippen LogP contribution in [0.25, 0.3) is 0 Å². The van der Waals surface area contributed by atoms with Gasteiger partial charge >= 0.3 is 139 Å². The minimum atomic E-state index is -1.78. The predicted octanol–water partition coefficient (Wildman–Crippen LogP) is 1.05. The van der Waals surface area contributed by atoms with Crippen molar-refractivity contribution in [1.29, 1.82) is 0 Å². The molecule has 0 aliphatic heterocycles. The zero-order valence-corrected chi connectivity index (χ0v) is 18.8. The van der Waals surface area contributed by atoms with E-state index in [9.17, 15) is 14.7 Å². The third-order valence-electron chi connectivity index (χ3n) is 5.30. The van der Waals surface area contributed by atoms with E-state index in [1.165, 1.54) is 0 Å². The molecule has 1 fully saturated rings. The Morgan fingerprint density at radius 3 is 2.48 bits per heavy atom. The van der Waals surface area contributed by atoms with E-state index in [0.717, 1.165) is 0 Å². The Balaban J connectivity index is 2.70. The number of methoxy groups -OCH3 is 1. The average molecular weight is 488 g/mol. The molecule has 0 aromatic carbocycles. The molecular weight excluding hydrogens is 463 g/mol. The van der Waals surface area contributed by atoms with Gasteiger partial charge in [-0.25, -0.2) is 0 Å². The van der Waals surface area contributed by atoms with Crippen molar-refractivity contribution < 1.29 is 47.5 Å². The molecule has 0 spiro atoms. The minimum absolute atomic E-state index is 0.110. The molecule has 1 rings (SSSR count). The first-order chi connectivity index (χ1) is 9.70. The van der Waals surface area contributed by atoms with Gasteiger partial charge in [0.1, 0.15) is 0 Å². The van der Waals surface area contributed by atoms with E-state index in [1.54, 1.807) is 14.0 Å². The molecule has 3 atom stereocenters. The second-order valence-corrected chi connectivity index (χ2v) is 10.5. The summed E-state index contributed by atoms with van der Waals surface area (Å²) in [5.74, 6) is -1.26. The van der Waals surface area contributed by atoms with E-state index in [2.05, 4.69) is 5.32 Å². The van der Waals surface area contributed by atoms with Gasteiger partial charge in [0.25, 0.3) is 0 Å². The maximum atomic E-state index is 12.4. The molecule has 0 aromatic heterocycles. The summed E-state index contributed by atoms with van der Waals surface area (Å²) in [5.41, 5.74) is -1.47. The van der Waals surface area contributed by atoms with Crippen molar-refractivity contribution >= 4 is 11.9 Å². The fourth-order valence-electron chi connectivity index (χ4n) is 3.13. The summed E-state index contributed by atoms with van der Waals surface area (Å²) in [6.07, 6.45) is 0.963. The van der Waals surface area contributed by atoms with Crippen LogP contribution in [0, 0.1) is 16.7 Å². The zero-order valence-electron chi connectivity index (χ0n) is 13.3. The van der Waals surface area contributed by atoms with Crippen molar-refractivity contribution in [2.24, 2.45) is 16.7 Å². The van der Waals surface area contributed by atoms with Crippen molar-refractivity contribution in [3.8, 4) is 0 Å². The van der Waals surface area contributed by atoms with E-state index in [-0.39, 0.29) is 17.9 Å². The quantitative estimate of drug-likeness (QED) is 0.467. The topological polar surface area (TPSA) is 95.9 Å². The Labute approximate surface area is 138 Å². The predicted molar refractivity (Wildman–Crippen MR) is 73.1 cm³/mol. The molecule has 21 heavy (non-hydrogen) atoms. The number of carbonyl (C=O) groups excluding carboxylic acids is 1. The molecule has 1 amide bonds. The van der Waals surface area contributed by atoms with E-state index in [0.29, 0.717) is 23.3 Å². The van der Waals surface area contributed by atoms with Gasteiger partial charge in [-0.2, -0.15) is 0 Å². The van der Waals surface area contributed by atoms with Gasteiger partial charge in [-0.05, 0) is 0 Å². The molecule has 0 heterocycles. The van der Waals surface area contributed by atoms with Crippen LogP contribution in [0.3, 0.4) is 0 Å². The number of carboxylic acid groups (broad SMARTS) is 1. The van der Waals surface area contributed by atoms with Gasteiger partial charge in [-0.15, -0.1) is 0 Å². The molecule has 1 aliphatic rings. The van der Waals surface area contributed by atoms with Gasteiger partial charge in [0.05, 0.1) is 0 Å². The van der Waals surface area contributed by atoms with E-state index in [4.69, 9.17) is 7.75 Å². The summed E-state index contributed by atoms with van der Waals surface area (Å²) >= 11 is -1.78. The van der Waals surface area contributed by atoms with Gasteiger partial charge < -0.3 is 0 Å². The fourth-order valence-corrected chi connectivity index (χ4v) is 5.96. The summed E-state index contributed by atoms with van der Waals surface area (Å²) in [5, 5.41) is 12.3. The number of hydrogen-bond acceptors (Lipinski definition) is 4. The number of carbonyl (C=O) groups is 2. The van der Waals surface area contributed by atoms with Crippen molar-refractivity contribution in [3.05, 3.63) is 0 Å². The Morgan fingerprint density at radius 1 is 1.43 bits per heavy atom. The number of ether oxygens (including phenoxy) is 1. The fraction of sp³-hybridized carbons (Fsp3) is 0.857. The van der Waals surface area contributed by atoms with E-state index in [1.807, 2.05) is 13.8 Å². The van der Waals surface area contributed by atoms with Gasteiger partial charge in [0.15, 0.2) is 0 Å². The Hall–Kier alpha value is -0.205. The molecule has 3 N–H and O–H groups in total. The molecule has 1 aliphatic carbocycles. The number of hydrogen-bond donors (Lipinski definition) is 3. The molecule has 6 nitrogen and oxygen atoms in total.